The minimum Gasteiger partial charge on any atom is -0.550 e. The number of carboxylic acid groups (broad SMARTS) is 1. The highest BCUT2D eigenvalue weighted by atomic mass is 16.5. The fraction of sp³-hybridized carbons (Fsp3) is 0.483. The first-order chi connectivity index (χ1) is 17.6. The number of methoxy groups -OCH3 is 1. The first-order valence-corrected chi connectivity index (χ1v) is 12.8. The van der Waals surface area contributed by atoms with Crippen LogP contribution >= 0.6 is 0 Å². The lowest BCUT2D eigenvalue weighted by atomic mass is 9.71. The van der Waals surface area contributed by atoms with Crippen LogP contribution in [0.15, 0.2) is 54.6 Å². The SMILES string of the molecule is CC(C)(C(=O)c1ccccc1)[NH+]1CCOCC1.COc1ccc(C(=O)C2(O)CCCCC2C(=O)[O-])cc1. The van der Waals surface area contributed by atoms with Crippen molar-refractivity contribution in [1.29, 1.82) is 0 Å². The number of hydrogen-bond acceptors (Lipinski definition) is 7. The monoisotopic (exact) mass is 511 g/mol. The molecule has 200 valence electrons. The number of ketones is 2. The zero-order chi connectivity index (χ0) is 27.1. The lowest BCUT2D eigenvalue weighted by molar-refractivity contribution is -0.944. The summed E-state index contributed by atoms with van der Waals surface area (Å²) >= 11 is 0. The van der Waals surface area contributed by atoms with E-state index < -0.39 is 23.3 Å². The summed E-state index contributed by atoms with van der Waals surface area (Å²) in [5, 5.41) is 21.7. The summed E-state index contributed by atoms with van der Waals surface area (Å²) < 4.78 is 10.3. The van der Waals surface area contributed by atoms with Crippen LogP contribution in [0.5, 0.6) is 5.75 Å². The summed E-state index contributed by atoms with van der Waals surface area (Å²) in [6.07, 6.45) is 1.72. The summed E-state index contributed by atoms with van der Waals surface area (Å²) in [5.41, 5.74) is -1.16. The van der Waals surface area contributed by atoms with Gasteiger partial charge < -0.3 is 29.4 Å². The molecule has 37 heavy (non-hydrogen) atoms. The Morgan fingerprint density at radius 3 is 2.19 bits per heavy atom. The number of ether oxygens (including phenoxy) is 2. The average molecular weight is 512 g/mol. The molecule has 0 amide bonds. The van der Waals surface area contributed by atoms with Crippen LogP contribution in [0.3, 0.4) is 0 Å². The predicted molar refractivity (Wildman–Crippen MR) is 136 cm³/mol. The molecule has 1 aliphatic carbocycles. The standard InChI is InChI=1S/C15H18O5.C14H19NO2/c1-20-11-7-5-10(6-8-11)13(16)15(19)9-3-2-4-12(15)14(17)18;1-14(2,15-8-10-17-11-9-15)13(16)12-6-4-3-5-7-12/h5-8,12,19H,2-4,9H2,1H3,(H,17,18);3-7H,8-11H2,1-2H3. The van der Waals surface area contributed by atoms with Crippen molar-refractivity contribution in [3.8, 4) is 5.75 Å². The van der Waals surface area contributed by atoms with E-state index in [1.807, 2.05) is 44.2 Å². The Kier molecular flexibility index (Phi) is 9.59. The number of quaternary nitrogens is 1. The average Bonchev–Trinajstić information content (AvgIpc) is 2.93. The predicted octanol–water partition coefficient (Wildman–Crippen LogP) is 1.11. The van der Waals surface area contributed by atoms with Crippen molar-refractivity contribution >= 4 is 17.5 Å². The number of nitrogens with one attached hydrogen (secondary N) is 1. The van der Waals surface area contributed by atoms with Crippen molar-refractivity contribution in [2.75, 3.05) is 33.4 Å². The van der Waals surface area contributed by atoms with Crippen LogP contribution in [0.2, 0.25) is 0 Å². The van der Waals surface area contributed by atoms with Gasteiger partial charge in [0.1, 0.15) is 24.4 Å². The number of Topliss-reactive ketones (excluding diaryl/α,β-unsaturated/α-hetero) is 2. The van der Waals surface area contributed by atoms with E-state index in [0.29, 0.717) is 18.6 Å². The molecular formula is C29H37NO7. The highest BCUT2D eigenvalue weighted by molar-refractivity contribution is 6.04. The van der Waals surface area contributed by atoms with Crippen molar-refractivity contribution in [2.24, 2.45) is 5.92 Å². The maximum atomic E-state index is 12.5. The van der Waals surface area contributed by atoms with E-state index in [-0.39, 0.29) is 29.7 Å². The fourth-order valence-corrected chi connectivity index (χ4v) is 5.09. The number of benzene rings is 2. The van der Waals surface area contributed by atoms with Crippen molar-refractivity contribution in [3.63, 3.8) is 0 Å². The molecule has 4 rings (SSSR count). The van der Waals surface area contributed by atoms with Crippen LogP contribution in [-0.2, 0) is 9.53 Å². The van der Waals surface area contributed by atoms with Crippen LogP contribution in [0.1, 0.15) is 60.2 Å². The van der Waals surface area contributed by atoms with Gasteiger partial charge in [0.2, 0.25) is 5.78 Å². The molecule has 0 radical (unpaired) electrons. The third-order valence-electron chi connectivity index (χ3n) is 7.49. The number of carboxylic acids is 1. The summed E-state index contributed by atoms with van der Waals surface area (Å²) in [4.78, 5) is 37.4. The van der Waals surface area contributed by atoms with E-state index in [1.165, 1.54) is 24.1 Å². The van der Waals surface area contributed by atoms with E-state index in [0.717, 1.165) is 31.9 Å². The molecule has 2 aromatic rings. The molecule has 2 N–H and O–H groups in total. The Bertz CT molecular complexity index is 1060. The smallest absolute Gasteiger partial charge is 0.222 e. The van der Waals surface area contributed by atoms with Gasteiger partial charge in [-0.2, -0.15) is 0 Å². The van der Waals surface area contributed by atoms with Crippen LogP contribution in [-0.4, -0.2) is 67.2 Å². The quantitative estimate of drug-likeness (QED) is 0.535. The number of rotatable bonds is 7. The Hall–Kier alpha value is -3.07. The molecule has 0 spiro atoms. The van der Waals surface area contributed by atoms with Crippen molar-refractivity contribution < 1.29 is 39.0 Å². The van der Waals surface area contributed by atoms with Gasteiger partial charge in [-0.25, -0.2) is 0 Å². The van der Waals surface area contributed by atoms with Gasteiger partial charge in [-0.05, 0) is 51.0 Å². The Morgan fingerprint density at radius 1 is 1.00 bits per heavy atom. The van der Waals surface area contributed by atoms with E-state index in [9.17, 15) is 24.6 Å². The van der Waals surface area contributed by atoms with Crippen molar-refractivity contribution in [2.45, 2.75) is 50.7 Å². The fourth-order valence-electron chi connectivity index (χ4n) is 5.09. The van der Waals surface area contributed by atoms with Gasteiger partial charge in [0.25, 0.3) is 0 Å². The molecule has 8 heteroatoms. The third-order valence-corrected chi connectivity index (χ3v) is 7.49. The highest BCUT2D eigenvalue weighted by Gasteiger charge is 2.46. The molecule has 1 saturated heterocycles. The summed E-state index contributed by atoms with van der Waals surface area (Å²) in [6.45, 7) is 7.38. The zero-order valence-corrected chi connectivity index (χ0v) is 21.8. The zero-order valence-electron chi connectivity index (χ0n) is 21.8. The summed E-state index contributed by atoms with van der Waals surface area (Å²) in [5.74, 6) is -2.27. The number of hydrogen-bond donors (Lipinski definition) is 2. The van der Waals surface area contributed by atoms with Gasteiger partial charge in [0, 0.05) is 23.0 Å². The van der Waals surface area contributed by atoms with Gasteiger partial charge in [0.05, 0.1) is 20.3 Å². The molecule has 2 atom stereocenters. The number of carbonyl (C=O) groups excluding carboxylic acids is 3. The molecule has 1 saturated carbocycles. The first-order valence-electron chi connectivity index (χ1n) is 12.8. The van der Waals surface area contributed by atoms with Gasteiger partial charge >= 0.3 is 0 Å². The van der Waals surface area contributed by atoms with Gasteiger partial charge in [0.15, 0.2) is 11.3 Å². The molecule has 1 aliphatic heterocycles. The largest absolute Gasteiger partial charge is 0.550 e. The van der Waals surface area contributed by atoms with Gasteiger partial charge in [-0.3, -0.25) is 9.59 Å². The highest BCUT2D eigenvalue weighted by Crippen LogP contribution is 2.36. The van der Waals surface area contributed by atoms with Crippen LogP contribution in [0, 0.1) is 5.92 Å². The molecule has 0 bridgehead atoms. The minimum absolute atomic E-state index is 0.149. The Labute approximate surface area is 218 Å². The van der Waals surface area contributed by atoms with Crippen molar-refractivity contribution in [1.82, 2.24) is 0 Å². The molecular weight excluding hydrogens is 474 g/mol. The van der Waals surface area contributed by atoms with E-state index in [4.69, 9.17) is 9.47 Å². The van der Waals surface area contributed by atoms with E-state index in [2.05, 4.69) is 0 Å². The number of aliphatic hydroxyl groups is 1. The second-order valence-corrected chi connectivity index (χ2v) is 10.1. The first kappa shape index (κ1) is 28.5. The van der Waals surface area contributed by atoms with Crippen molar-refractivity contribution in [3.05, 3.63) is 65.7 Å². The molecule has 1 heterocycles. The molecule has 2 fully saturated rings. The Balaban J connectivity index is 0.000000208. The molecule has 0 aromatic heterocycles. The second kappa shape index (κ2) is 12.4. The molecule has 2 unspecified atom stereocenters. The third kappa shape index (κ3) is 6.63. The number of carbonyl (C=O) groups is 3. The second-order valence-electron chi connectivity index (χ2n) is 10.1. The minimum atomic E-state index is -1.87. The lowest BCUT2D eigenvalue weighted by Gasteiger charge is -2.39. The number of morpholine rings is 1. The van der Waals surface area contributed by atoms with Crippen LogP contribution < -0.4 is 14.7 Å². The van der Waals surface area contributed by atoms with E-state index >= 15 is 0 Å². The molecule has 2 aromatic carbocycles. The topological polar surface area (TPSA) is 117 Å². The summed E-state index contributed by atoms with van der Waals surface area (Å²) in [7, 11) is 1.51. The van der Waals surface area contributed by atoms with Crippen LogP contribution in [0.25, 0.3) is 0 Å². The maximum Gasteiger partial charge on any atom is 0.222 e. The van der Waals surface area contributed by atoms with Gasteiger partial charge in [-0.15, -0.1) is 0 Å². The number of aliphatic carboxylic acids is 1. The van der Waals surface area contributed by atoms with Crippen LogP contribution in [0.4, 0.5) is 0 Å². The lowest BCUT2D eigenvalue weighted by Crippen LogP contribution is -3.22. The van der Waals surface area contributed by atoms with E-state index in [1.54, 1.807) is 12.1 Å². The maximum absolute atomic E-state index is 12.5. The Morgan fingerprint density at radius 2 is 1.62 bits per heavy atom. The molecule has 8 nitrogen and oxygen atoms in total. The molecule has 2 aliphatic rings. The van der Waals surface area contributed by atoms with Gasteiger partial charge in [-0.1, -0.05) is 43.2 Å². The summed E-state index contributed by atoms with van der Waals surface area (Å²) in [6, 6.07) is 15.8. The normalized spacial score (nSPS) is 22.3.